The smallest absolute Gasteiger partial charge is 0.315 e. The Morgan fingerprint density at radius 1 is 1.24 bits per heavy atom. The molecule has 0 saturated heterocycles. The molecule has 0 radical (unpaired) electrons. The lowest BCUT2D eigenvalue weighted by Gasteiger charge is -2.10. The van der Waals surface area contributed by atoms with Crippen molar-refractivity contribution in [1.82, 2.24) is 15.5 Å². The van der Waals surface area contributed by atoms with Crippen molar-refractivity contribution >= 4 is 17.4 Å². The average molecular weight is 308 g/mol. The molecule has 2 rings (SSSR count). The second-order valence-corrected chi connectivity index (χ2v) is 7.16. The molecule has 0 aliphatic rings. The molecule has 5 nitrogen and oxygen atoms in total. The Hall–Kier alpha value is -1.40. The van der Waals surface area contributed by atoms with Crippen LogP contribution in [0.2, 0.25) is 0 Å². The van der Waals surface area contributed by atoms with Gasteiger partial charge in [-0.1, -0.05) is 18.9 Å². The molecule has 0 bridgehead atoms. The van der Waals surface area contributed by atoms with Gasteiger partial charge in [0.15, 0.2) is 0 Å². The summed E-state index contributed by atoms with van der Waals surface area (Å²) in [5.74, 6) is 1.23. The maximum Gasteiger partial charge on any atom is 0.315 e. The first-order valence-electron chi connectivity index (χ1n) is 7.38. The van der Waals surface area contributed by atoms with E-state index in [0.717, 1.165) is 13.0 Å². The molecule has 0 aliphatic carbocycles. The topological polar surface area (TPSA) is 63.0 Å². The molecular formula is C15H24N4OS. The van der Waals surface area contributed by atoms with E-state index in [9.17, 15) is 0 Å². The monoisotopic (exact) mass is 308 g/mol. The summed E-state index contributed by atoms with van der Waals surface area (Å²) in [5.41, 5.74) is 0. The van der Waals surface area contributed by atoms with E-state index in [1.54, 1.807) is 0 Å². The zero-order valence-corrected chi connectivity index (χ0v) is 14.0. The molecule has 6 heteroatoms. The van der Waals surface area contributed by atoms with Gasteiger partial charge in [-0.15, -0.1) is 16.4 Å². The molecule has 0 saturated carbocycles. The van der Waals surface area contributed by atoms with E-state index < -0.39 is 0 Å². The molecular weight excluding hydrogens is 284 g/mol. The Kier molecular flexibility index (Phi) is 5.76. The molecule has 1 unspecified atom stereocenters. The number of rotatable bonds is 8. The van der Waals surface area contributed by atoms with Crippen LogP contribution in [-0.2, 0) is 13.0 Å². The van der Waals surface area contributed by atoms with E-state index in [0.29, 0.717) is 24.4 Å². The molecule has 2 aromatic heterocycles. The van der Waals surface area contributed by atoms with Crippen LogP contribution in [0.4, 0.5) is 6.01 Å². The van der Waals surface area contributed by atoms with Gasteiger partial charge in [-0.3, -0.25) is 0 Å². The van der Waals surface area contributed by atoms with Gasteiger partial charge < -0.3 is 15.1 Å². The zero-order chi connectivity index (χ0) is 15.2. The number of hydrogen-bond donors (Lipinski definition) is 2. The molecule has 0 spiro atoms. The van der Waals surface area contributed by atoms with Crippen LogP contribution in [0.3, 0.4) is 0 Å². The molecule has 0 aromatic carbocycles. The quantitative estimate of drug-likeness (QED) is 0.784. The summed E-state index contributed by atoms with van der Waals surface area (Å²) in [6, 6.07) is 5.09. The minimum absolute atomic E-state index is 0.264. The van der Waals surface area contributed by atoms with Crippen molar-refractivity contribution in [2.45, 2.75) is 46.7 Å². The van der Waals surface area contributed by atoms with Crippen LogP contribution in [0.1, 0.15) is 36.4 Å². The predicted octanol–water partition coefficient (Wildman–Crippen LogP) is 3.23. The average Bonchev–Trinajstić information content (AvgIpc) is 2.98. The maximum absolute atomic E-state index is 5.59. The van der Waals surface area contributed by atoms with Gasteiger partial charge >= 0.3 is 6.01 Å². The standard InChI is InChI=1S/C15H24N4OS/c1-10(2)8-16-9-14-18-19-15(20-14)17-11(3)7-13-6-5-12(4)21-13/h5-6,10-11,16H,7-9H2,1-4H3,(H,17,19). The third-order valence-corrected chi connectivity index (χ3v) is 3.99. The van der Waals surface area contributed by atoms with Crippen molar-refractivity contribution in [1.29, 1.82) is 0 Å². The second kappa shape index (κ2) is 7.56. The van der Waals surface area contributed by atoms with Crippen LogP contribution in [0, 0.1) is 12.8 Å². The molecule has 1 atom stereocenters. The lowest BCUT2D eigenvalue weighted by atomic mass is 10.2. The SMILES string of the molecule is Cc1ccc(CC(C)Nc2nnc(CNCC(C)C)o2)s1. The highest BCUT2D eigenvalue weighted by molar-refractivity contribution is 7.11. The first-order valence-corrected chi connectivity index (χ1v) is 8.19. The van der Waals surface area contributed by atoms with Gasteiger partial charge in [-0.25, -0.2) is 0 Å². The van der Waals surface area contributed by atoms with Crippen LogP contribution in [0.15, 0.2) is 16.5 Å². The Morgan fingerprint density at radius 2 is 2.05 bits per heavy atom. The van der Waals surface area contributed by atoms with Gasteiger partial charge in [-0.05, 0) is 38.4 Å². The summed E-state index contributed by atoms with van der Waals surface area (Å²) in [6.45, 7) is 10.1. The van der Waals surface area contributed by atoms with Crippen molar-refractivity contribution in [3.05, 3.63) is 27.8 Å². The number of aryl methyl sites for hydroxylation is 1. The first kappa shape index (κ1) is 16.0. The fraction of sp³-hybridized carbons (Fsp3) is 0.600. The number of nitrogens with zero attached hydrogens (tertiary/aromatic N) is 2. The fourth-order valence-electron chi connectivity index (χ4n) is 2.01. The highest BCUT2D eigenvalue weighted by atomic mass is 32.1. The minimum atomic E-state index is 0.264. The van der Waals surface area contributed by atoms with Crippen molar-refractivity contribution in [2.75, 3.05) is 11.9 Å². The van der Waals surface area contributed by atoms with Crippen LogP contribution in [-0.4, -0.2) is 22.8 Å². The highest BCUT2D eigenvalue weighted by Gasteiger charge is 2.10. The van der Waals surface area contributed by atoms with Gasteiger partial charge in [0.05, 0.1) is 6.54 Å². The number of aromatic nitrogens is 2. The van der Waals surface area contributed by atoms with E-state index in [-0.39, 0.29) is 6.04 Å². The molecule has 21 heavy (non-hydrogen) atoms. The van der Waals surface area contributed by atoms with Crippen LogP contribution >= 0.6 is 11.3 Å². The van der Waals surface area contributed by atoms with Crippen molar-refractivity contribution < 1.29 is 4.42 Å². The molecule has 116 valence electrons. The lowest BCUT2D eigenvalue weighted by Crippen LogP contribution is -2.19. The Labute approximate surface area is 130 Å². The Balaban J connectivity index is 1.78. The molecule has 0 aliphatic heterocycles. The maximum atomic E-state index is 5.59. The largest absolute Gasteiger partial charge is 0.407 e. The van der Waals surface area contributed by atoms with Crippen LogP contribution in [0.5, 0.6) is 0 Å². The highest BCUT2D eigenvalue weighted by Crippen LogP contribution is 2.18. The van der Waals surface area contributed by atoms with E-state index in [1.165, 1.54) is 9.75 Å². The van der Waals surface area contributed by atoms with Crippen molar-refractivity contribution in [2.24, 2.45) is 5.92 Å². The Morgan fingerprint density at radius 3 is 2.71 bits per heavy atom. The van der Waals surface area contributed by atoms with Gasteiger partial charge in [0.2, 0.25) is 5.89 Å². The number of anilines is 1. The van der Waals surface area contributed by atoms with Gasteiger partial charge in [0.25, 0.3) is 0 Å². The van der Waals surface area contributed by atoms with E-state index in [1.807, 2.05) is 11.3 Å². The van der Waals surface area contributed by atoms with Crippen molar-refractivity contribution in [3.63, 3.8) is 0 Å². The van der Waals surface area contributed by atoms with E-state index >= 15 is 0 Å². The number of hydrogen-bond acceptors (Lipinski definition) is 6. The Bertz CT molecular complexity index is 549. The van der Waals surface area contributed by atoms with Gasteiger partial charge in [-0.2, -0.15) is 0 Å². The molecule has 2 heterocycles. The molecule has 2 N–H and O–H groups in total. The summed E-state index contributed by atoms with van der Waals surface area (Å²) < 4.78 is 5.59. The number of nitrogens with one attached hydrogen (secondary N) is 2. The van der Waals surface area contributed by atoms with Crippen LogP contribution in [0.25, 0.3) is 0 Å². The molecule has 0 fully saturated rings. The summed E-state index contributed by atoms with van der Waals surface area (Å²) in [6.07, 6.45) is 0.960. The summed E-state index contributed by atoms with van der Waals surface area (Å²) in [5, 5.41) is 14.6. The predicted molar refractivity (Wildman–Crippen MR) is 86.7 cm³/mol. The van der Waals surface area contributed by atoms with Crippen LogP contribution < -0.4 is 10.6 Å². The third-order valence-electron chi connectivity index (χ3n) is 2.97. The van der Waals surface area contributed by atoms with E-state index in [2.05, 4.69) is 60.7 Å². The van der Waals surface area contributed by atoms with E-state index in [4.69, 9.17) is 4.42 Å². The first-order chi connectivity index (χ1) is 10.0. The third kappa shape index (κ3) is 5.47. The summed E-state index contributed by atoms with van der Waals surface area (Å²) >= 11 is 1.83. The molecule has 0 amide bonds. The second-order valence-electron chi connectivity index (χ2n) is 5.79. The number of thiophene rings is 1. The van der Waals surface area contributed by atoms with Gasteiger partial charge in [0, 0.05) is 22.2 Å². The lowest BCUT2D eigenvalue weighted by molar-refractivity contribution is 0.456. The molecule has 2 aromatic rings. The minimum Gasteiger partial charge on any atom is -0.407 e. The van der Waals surface area contributed by atoms with Gasteiger partial charge in [0.1, 0.15) is 0 Å². The summed E-state index contributed by atoms with van der Waals surface area (Å²) in [4.78, 5) is 2.71. The zero-order valence-electron chi connectivity index (χ0n) is 13.1. The fourth-order valence-corrected chi connectivity index (χ4v) is 3.03. The van der Waals surface area contributed by atoms with Crippen molar-refractivity contribution in [3.8, 4) is 0 Å². The summed E-state index contributed by atoms with van der Waals surface area (Å²) in [7, 11) is 0. The normalized spacial score (nSPS) is 12.8.